The number of esters is 1. The largest absolute Gasteiger partial charge is 0.512 e. The van der Waals surface area contributed by atoms with Crippen molar-refractivity contribution < 1.29 is 27.5 Å². The number of carbonyl (C=O) groups excluding carboxylic acids is 1. The molecule has 3 aromatic rings. The van der Waals surface area contributed by atoms with Crippen molar-refractivity contribution in [1.82, 2.24) is 4.31 Å². The standard InChI is InChI=1S/C25H25NO6S/c1-3-31-25(28)23-21(27)16-20(22-10-7-15-32-22)26(24(23)18-8-5-4-6-9-18)33(29,30)19-13-11-17(2)12-14-19/h4-15,20,24,27H,3,16H2,1-2H3/t20-,24-/m1/s1. The van der Waals surface area contributed by atoms with Crippen LogP contribution in [0.3, 0.4) is 0 Å². The van der Waals surface area contributed by atoms with E-state index in [-0.39, 0.29) is 29.3 Å². The molecule has 0 spiro atoms. The number of rotatable bonds is 6. The number of aliphatic hydroxyl groups excluding tert-OH is 1. The summed E-state index contributed by atoms with van der Waals surface area (Å²) < 4.78 is 40.1. The molecule has 8 heteroatoms. The fraction of sp³-hybridized carbons (Fsp3) is 0.240. The zero-order valence-corrected chi connectivity index (χ0v) is 19.2. The Morgan fingerprint density at radius 3 is 2.39 bits per heavy atom. The molecule has 7 nitrogen and oxygen atoms in total. The Balaban J connectivity index is 1.98. The summed E-state index contributed by atoms with van der Waals surface area (Å²) in [7, 11) is -4.14. The number of hydrogen-bond donors (Lipinski definition) is 1. The fourth-order valence-electron chi connectivity index (χ4n) is 4.08. The molecule has 0 aliphatic carbocycles. The lowest BCUT2D eigenvalue weighted by Crippen LogP contribution is -2.43. The van der Waals surface area contributed by atoms with Crippen LogP contribution in [0.5, 0.6) is 0 Å². The lowest BCUT2D eigenvalue weighted by molar-refractivity contribution is -0.139. The Kier molecular flexibility index (Phi) is 6.40. The number of sulfonamides is 1. The van der Waals surface area contributed by atoms with E-state index in [2.05, 4.69) is 0 Å². The quantitative estimate of drug-likeness (QED) is 0.521. The van der Waals surface area contributed by atoms with Crippen molar-refractivity contribution in [2.24, 2.45) is 0 Å². The third kappa shape index (κ3) is 4.31. The second-order valence-corrected chi connectivity index (χ2v) is 9.62. The SMILES string of the molecule is CCOC(=O)C1=C(O)C[C@H](c2ccco2)N(S(=O)(=O)c2ccc(C)cc2)[C@@H]1c1ccccc1. The van der Waals surface area contributed by atoms with Gasteiger partial charge in [0.2, 0.25) is 10.0 Å². The highest BCUT2D eigenvalue weighted by molar-refractivity contribution is 7.89. The van der Waals surface area contributed by atoms with Gasteiger partial charge in [-0.15, -0.1) is 0 Å². The van der Waals surface area contributed by atoms with Crippen LogP contribution >= 0.6 is 0 Å². The van der Waals surface area contributed by atoms with Crippen molar-refractivity contribution in [2.75, 3.05) is 6.61 Å². The van der Waals surface area contributed by atoms with Crippen LogP contribution in [0.1, 0.15) is 42.3 Å². The molecule has 0 saturated carbocycles. The van der Waals surface area contributed by atoms with Gasteiger partial charge < -0.3 is 14.3 Å². The summed E-state index contributed by atoms with van der Waals surface area (Å²) >= 11 is 0. The lowest BCUT2D eigenvalue weighted by atomic mass is 9.90. The third-order valence-corrected chi connectivity index (χ3v) is 7.50. The van der Waals surface area contributed by atoms with Crippen LogP contribution < -0.4 is 0 Å². The van der Waals surface area contributed by atoms with Gasteiger partial charge >= 0.3 is 5.97 Å². The average Bonchev–Trinajstić information content (AvgIpc) is 3.34. The predicted molar refractivity (Wildman–Crippen MR) is 122 cm³/mol. The number of benzene rings is 2. The highest BCUT2D eigenvalue weighted by Crippen LogP contribution is 2.47. The molecule has 1 N–H and O–H groups in total. The molecule has 33 heavy (non-hydrogen) atoms. The molecule has 2 heterocycles. The number of carbonyl (C=O) groups is 1. The van der Waals surface area contributed by atoms with Gasteiger partial charge in [0.05, 0.1) is 35.4 Å². The van der Waals surface area contributed by atoms with E-state index in [1.807, 2.05) is 6.92 Å². The molecule has 1 aromatic heterocycles. The molecule has 2 atom stereocenters. The van der Waals surface area contributed by atoms with E-state index in [1.54, 1.807) is 61.5 Å². The van der Waals surface area contributed by atoms with Crippen LogP contribution in [0, 0.1) is 6.92 Å². The molecule has 1 aliphatic rings. The molecule has 0 amide bonds. The summed E-state index contributed by atoms with van der Waals surface area (Å²) in [4.78, 5) is 13.0. The molecule has 0 radical (unpaired) electrons. The van der Waals surface area contributed by atoms with Crippen molar-refractivity contribution in [3.63, 3.8) is 0 Å². The number of ether oxygens (including phenoxy) is 1. The molecule has 172 valence electrons. The van der Waals surface area contributed by atoms with E-state index in [0.29, 0.717) is 11.3 Å². The maximum Gasteiger partial charge on any atom is 0.339 e. The Bertz CT molecular complexity index is 1250. The van der Waals surface area contributed by atoms with E-state index >= 15 is 0 Å². The first-order valence-electron chi connectivity index (χ1n) is 10.6. The summed E-state index contributed by atoms with van der Waals surface area (Å²) in [5, 5.41) is 11.0. The average molecular weight is 468 g/mol. The van der Waals surface area contributed by atoms with Crippen molar-refractivity contribution in [3.05, 3.63) is 101 Å². The molecule has 0 bridgehead atoms. The van der Waals surface area contributed by atoms with Crippen LogP contribution in [0.2, 0.25) is 0 Å². The number of furan rings is 1. The first kappa shape index (κ1) is 22.8. The first-order valence-corrected chi connectivity index (χ1v) is 12.1. The van der Waals surface area contributed by atoms with Gasteiger partial charge in [-0.1, -0.05) is 48.0 Å². The molecule has 1 aliphatic heterocycles. The Morgan fingerprint density at radius 1 is 1.09 bits per heavy atom. The molecule has 2 aromatic carbocycles. The zero-order chi connectivity index (χ0) is 23.6. The monoisotopic (exact) mass is 467 g/mol. The third-order valence-electron chi connectivity index (χ3n) is 5.61. The van der Waals surface area contributed by atoms with Crippen molar-refractivity contribution in [3.8, 4) is 0 Å². The second-order valence-electron chi connectivity index (χ2n) is 7.78. The van der Waals surface area contributed by atoms with Gasteiger partial charge in [0.15, 0.2) is 0 Å². The summed E-state index contributed by atoms with van der Waals surface area (Å²) in [6.07, 6.45) is 1.32. The van der Waals surface area contributed by atoms with Gasteiger partial charge in [-0.2, -0.15) is 4.31 Å². The van der Waals surface area contributed by atoms with Crippen LogP contribution in [0.15, 0.2) is 93.6 Å². The van der Waals surface area contributed by atoms with Gasteiger partial charge in [-0.3, -0.25) is 0 Å². The molecular weight excluding hydrogens is 442 g/mol. The molecule has 4 rings (SSSR count). The first-order chi connectivity index (χ1) is 15.8. The number of hydrogen-bond acceptors (Lipinski definition) is 6. The number of aliphatic hydroxyl groups is 1. The normalized spacial score (nSPS) is 19.5. The van der Waals surface area contributed by atoms with Gasteiger partial charge in [0.1, 0.15) is 11.5 Å². The molecule has 0 fully saturated rings. The summed E-state index contributed by atoms with van der Waals surface area (Å²) in [5.41, 5.74) is 1.35. The number of nitrogens with zero attached hydrogens (tertiary/aromatic N) is 1. The Hall–Kier alpha value is -3.36. The van der Waals surface area contributed by atoms with Crippen LogP contribution in [0.25, 0.3) is 0 Å². The summed E-state index contributed by atoms with van der Waals surface area (Å²) in [6.45, 7) is 3.61. The van der Waals surface area contributed by atoms with E-state index < -0.39 is 28.1 Å². The minimum Gasteiger partial charge on any atom is -0.512 e. The number of aryl methyl sites for hydroxylation is 1. The topological polar surface area (TPSA) is 97.1 Å². The Labute approximate surface area is 193 Å². The maximum absolute atomic E-state index is 14.0. The summed E-state index contributed by atoms with van der Waals surface area (Å²) in [5.74, 6) is -0.619. The highest BCUT2D eigenvalue weighted by Gasteiger charge is 2.48. The van der Waals surface area contributed by atoms with Gasteiger partial charge in [-0.05, 0) is 43.7 Å². The van der Waals surface area contributed by atoms with Crippen molar-refractivity contribution in [2.45, 2.75) is 37.2 Å². The van der Waals surface area contributed by atoms with Gasteiger partial charge in [0.25, 0.3) is 0 Å². The zero-order valence-electron chi connectivity index (χ0n) is 18.3. The highest BCUT2D eigenvalue weighted by atomic mass is 32.2. The molecular formula is C25H25NO6S. The van der Waals surface area contributed by atoms with E-state index in [0.717, 1.165) is 5.56 Å². The van der Waals surface area contributed by atoms with Gasteiger partial charge in [0, 0.05) is 6.42 Å². The Morgan fingerprint density at radius 2 is 1.79 bits per heavy atom. The van der Waals surface area contributed by atoms with Crippen molar-refractivity contribution in [1.29, 1.82) is 0 Å². The van der Waals surface area contributed by atoms with E-state index in [1.165, 1.54) is 22.7 Å². The van der Waals surface area contributed by atoms with Gasteiger partial charge in [-0.25, -0.2) is 13.2 Å². The minimum absolute atomic E-state index is 0.0789. The minimum atomic E-state index is -4.14. The van der Waals surface area contributed by atoms with Crippen LogP contribution in [-0.2, 0) is 19.6 Å². The van der Waals surface area contributed by atoms with Crippen LogP contribution in [0.4, 0.5) is 0 Å². The maximum atomic E-state index is 14.0. The lowest BCUT2D eigenvalue weighted by Gasteiger charge is -2.40. The smallest absolute Gasteiger partial charge is 0.339 e. The fourth-order valence-corrected chi connectivity index (χ4v) is 5.82. The summed E-state index contributed by atoms with van der Waals surface area (Å²) in [6, 6.07) is 16.6. The van der Waals surface area contributed by atoms with E-state index in [9.17, 15) is 18.3 Å². The molecule has 0 saturated heterocycles. The second kappa shape index (κ2) is 9.25. The van der Waals surface area contributed by atoms with E-state index in [4.69, 9.17) is 9.15 Å². The van der Waals surface area contributed by atoms with Crippen molar-refractivity contribution >= 4 is 16.0 Å². The predicted octanol–water partition coefficient (Wildman–Crippen LogP) is 4.84. The molecule has 0 unspecified atom stereocenters. The van der Waals surface area contributed by atoms with Crippen LogP contribution in [-0.4, -0.2) is 30.4 Å².